The number of hydrogen-bond donors (Lipinski definition) is 1. The van der Waals surface area contributed by atoms with Crippen molar-refractivity contribution in [3.63, 3.8) is 0 Å². The summed E-state index contributed by atoms with van der Waals surface area (Å²) in [6, 6.07) is 0. The van der Waals surface area contributed by atoms with Gasteiger partial charge in [-0.05, 0) is 43.4 Å². The highest BCUT2D eigenvalue weighted by Gasteiger charge is 2.38. The molecule has 0 heterocycles. The van der Waals surface area contributed by atoms with E-state index in [1.807, 2.05) is 0 Å². The number of rotatable bonds is 2. The van der Waals surface area contributed by atoms with E-state index in [4.69, 9.17) is 5.11 Å². The summed E-state index contributed by atoms with van der Waals surface area (Å²) in [5, 5.41) is 8.75. The molecule has 0 aliphatic heterocycles. The Morgan fingerprint density at radius 1 is 1.20 bits per heavy atom. The maximum absolute atomic E-state index is 8.75. The van der Waals surface area contributed by atoms with Crippen LogP contribution < -0.4 is 0 Å². The molecular weight excluding hydrogens is 124 g/mol. The molecule has 0 aromatic rings. The van der Waals surface area contributed by atoms with E-state index in [0.29, 0.717) is 6.61 Å². The van der Waals surface area contributed by atoms with Crippen LogP contribution in [-0.4, -0.2) is 11.7 Å². The first-order chi connectivity index (χ1) is 4.90. The highest BCUT2D eigenvalue weighted by molar-refractivity contribution is 4.89. The summed E-state index contributed by atoms with van der Waals surface area (Å²) in [6.45, 7) is 0.411. The van der Waals surface area contributed by atoms with Gasteiger partial charge in [0.15, 0.2) is 0 Å². The summed E-state index contributed by atoms with van der Waals surface area (Å²) in [6.07, 6.45) is 6.90. The molecular formula is C9H16O. The molecule has 2 rings (SSSR count). The molecule has 2 bridgehead atoms. The van der Waals surface area contributed by atoms with Crippen LogP contribution in [0, 0.1) is 17.8 Å². The predicted octanol–water partition coefficient (Wildman–Crippen LogP) is 1.80. The number of hydrogen-bond acceptors (Lipinski definition) is 1. The van der Waals surface area contributed by atoms with Gasteiger partial charge in [-0.2, -0.15) is 0 Å². The minimum atomic E-state index is 0.411. The minimum Gasteiger partial charge on any atom is -0.396 e. The second kappa shape index (κ2) is 2.54. The first-order valence-electron chi connectivity index (χ1n) is 4.51. The van der Waals surface area contributed by atoms with Gasteiger partial charge in [-0.3, -0.25) is 0 Å². The summed E-state index contributed by atoms with van der Waals surface area (Å²) >= 11 is 0. The molecule has 2 fully saturated rings. The van der Waals surface area contributed by atoms with Crippen molar-refractivity contribution < 1.29 is 5.11 Å². The van der Waals surface area contributed by atoms with E-state index < -0.39 is 0 Å². The third-order valence-electron chi connectivity index (χ3n) is 3.38. The standard InChI is InChI=1S/C9H16O/c10-4-3-9-6-7-1-2-8(9)5-7/h7-10H,1-6H2/t7-,8-,9+/m0/s1. The number of aliphatic hydroxyl groups is 1. The Morgan fingerprint density at radius 3 is 2.60 bits per heavy atom. The van der Waals surface area contributed by atoms with Crippen LogP contribution in [-0.2, 0) is 0 Å². The van der Waals surface area contributed by atoms with E-state index in [2.05, 4.69) is 0 Å². The highest BCUT2D eigenvalue weighted by atomic mass is 16.3. The lowest BCUT2D eigenvalue weighted by Crippen LogP contribution is -2.11. The average Bonchev–Trinajstić information content (AvgIpc) is 2.48. The van der Waals surface area contributed by atoms with Crippen molar-refractivity contribution in [2.45, 2.75) is 32.1 Å². The Hall–Kier alpha value is -0.0400. The van der Waals surface area contributed by atoms with Gasteiger partial charge >= 0.3 is 0 Å². The summed E-state index contributed by atoms with van der Waals surface area (Å²) in [7, 11) is 0. The van der Waals surface area contributed by atoms with Crippen LogP contribution in [0.5, 0.6) is 0 Å². The maximum atomic E-state index is 8.75. The van der Waals surface area contributed by atoms with E-state index in [1.165, 1.54) is 25.7 Å². The molecule has 10 heavy (non-hydrogen) atoms. The lowest BCUT2D eigenvalue weighted by molar-refractivity contribution is 0.219. The zero-order valence-corrected chi connectivity index (χ0v) is 6.42. The molecule has 0 spiro atoms. The van der Waals surface area contributed by atoms with Gasteiger partial charge < -0.3 is 5.11 Å². The van der Waals surface area contributed by atoms with Gasteiger partial charge in [0.25, 0.3) is 0 Å². The Bertz CT molecular complexity index is 122. The Morgan fingerprint density at radius 2 is 2.10 bits per heavy atom. The molecule has 0 saturated heterocycles. The van der Waals surface area contributed by atoms with Gasteiger partial charge in [0.05, 0.1) is 0 Å². The largest absolute Gasteiger partial charge is 0.396 e. The molecule has 2 aliphatic rings. The van der Waals surface area contributed by atoms with Crippen LogP contribution in [0.2, 0.25) is 0 Å². The Kier molecular flexibility index (Phi) is 1.69. The average molecular weight is 140 g/mol. The van der Waals surface area contributed by atoms with Gasteiger partial charge in [-0.25, -0.2) is 0 Å². The molecule has 0 aromatic heterocycles. The van der Waals surface area contributed by atoms with Crippen molar-refractivity contribution in [2.75, 3.05) is 6.61 Å². The summed E-state index contributed by atoms with van der Waals surface area (Å²) in [4.78, 5) is 0. The van der Waals surface area contributed by atoms with E-state index in [-0.39, 0.29) is 0 Å². The van der Waals surface area contributed by atoms with Gasteiger partial charge in [0, 0.05) is 6.61 Å². The van der Waals surface area contributed by atoms with Crippen molar-refractivity contribution in [1.29, 1.82) is 0 Å². The van der Waals surface area contributed by atoms with Crippen molar-refractivity contribution in [2.24, 2.45) is 17.8 Å². The van der Waals surface area contributed by atoms with Gasteiger partial charge in [0.2, 0.25) is 0 Å². The van der Waals surface area contributed by atoms with Crippen molar-refractivity contribution >= 4 is 0 Å². The lowest BCUT2D eigenvalue weighted by atomic mass is 9.87. The summed E-state index contributed by atoms with van der Waals surface area (Å²) < 4.78 is 0. The molecule has 0 aromatic carbocycles. The third kappa shape index (κ3) is 0.968. The van der Waals surface area contributed by atoms with E-state index in [0.717, 1.165) is 24.2 Å². The molecule has 1 N–H and O–H groups in total. The molecule has 1 heteroatoms. The third-order valence-corrected chi connectivity index (χ3v) is 3.38. The van der Waals surface area contributed by atoms with Gasteiger partial charge in [0.1, 0.15) is 0 Å². The summed E-state index contributed by atoms with van der Waals surface area (Å²) in [5.74, 6) is 2.93. The zero-order valence-electron chi connectivity index (χ0n) is 6.42. The quantitative estimate of drug-likeness (QED) is 0.620. The first kappa shape index (κ1) is 6.66. The molecule has 58 valence electrons. The topological polar surface area (TPSA) is 20.2 Å². The zero-order chi connectivity index (χ0) is 6.97. The normalized spacial score (nSPS) is 44.7. The molecule has 0 amide bonds. The minimum absolute atomic E-state index is 0.411. The predicted molar refractivity (Wildman–Crippen MR) is 40.6 cm³/mol. The molecule has 0 radical (unpaired) electrons. The van der Waals surface area contributed by atoms with Crippen LogP contribution >= 0.6 is 0 Å². The SMILES string of the molecule is OCC[C@@H]1C[C@H]2CC[C@H]1C2. The van der Waals surface area contributed by atoms with Crippen LogP contribution in [0.3, 0.4) is 0 Å². The smallest absolute Gasteiger partial charge is 0.0433 e. The fraction of sp³-hybridized carbons (Fsp3) is 1.00. The van der Waals surface area contributed by atoms with Gasteiger partial charge in [-0.1, -0.05) is 6.42 Å². The first-order valence-corrected chi connectivity index (χ1v) is 4.51. The summed E-state index contributed by atoms with van der Waals surface area (Å²) in [5.41, 5.74) is 0. The number of aliphatic hydroxyl groups excluding tert-OH is 1. The van der Waals surface area contributed by atoms with Crippen LogP contribution in [0.1, 0.15) is 32.1 Å². The van der Waals surface area contributed by atoms with E-state index in [1.54, 1.807) is 0 Å². The molecule has 1 nitrogen and oxygen atoms in total. The van der Waals surface area contributed by atoms with E-state index >= 15 is 0 Å². The van der Waals surface area contributed by atoms with Crippen molar-refractivity contribution in [3.8, 4) is 0 Å². The van der Waals surface area contributed by atoms with Crippen molar-refractivity contribution in [1.82, 2.24) is 0 Å². The second-order valence-electron chi connectivity index (χ2n) is 3.95. The van der Waals surface area contributed by atoms with E-state index in [9.17, 15) is 0 Å². The molecule has 2 aliphatic carbocycles. The molecule has 3 atom stereocenters. The maximum Gasteiger partial charge on any atom is 0.0433 e. The fourth-order valence-corrected chi connectivity index (χ4v) is 2.90. The van der Waals surface area contributed by atoms with Crippen LogP contribution in [0.25, 0.3) is 0 Å². The van der Waals surface area contributed by atoms with Crippen LogP contribution in [0.4, 0.5) is 0 Å². The lowest BCUT2D eigenvalue weighted by Gasteiger charge is -2.19. The van der Waals surface area contributed by atoms with Crippen molar-refractivity contribution in [3.05, 3.63) is 0 Å². The van der Waals surface area contributed by atoms with Gasteiger partial charge in [-0.15, -0.1) is 0 Å². The highest BCUT2D eigenvalue weighted by Crippen LogP contribution is 2.49. The Labute approximate surface area is 62.4 Å². The Balaban J connectivity index is 1.90. The fourth-order valence-electron chi connectivity index (χ4n) is 2.90. The number of fused-ring (bicyclic) bond motifs is 2. The molecule has 2 saturated carbocycles. The van der Waals surface area contributed by atoms with Crippen LogP contribution in [0.15, 0.2) is 0 Å². The monoisotopic (exact) mass is 140 g/mol. The molecule has 0 unspecified atom stereocenters. The second-order valence-corrected chi connectivity index (χ2v) is 3.95.